The first-order valence-corrected chi connectivity index (χ1v) is 6.49. The molecule has 0 spiro atoms. The number of rotatable bonds is 6. The van der Waals surface area contributed by atoms with Gasteiger partial charge in [0.05, 0.1) is 24.9 Å². The molecule has 19 heavy (non-hydrogen) atoms. The van der Waals surface area contributed by atoms with Gasteiger partial charge in [-0.2, -0.15) is 0 Å². The van der Waals surface area contributed by atoms with Gasteiger partial charge in [-0.3, -0.25) is 0 Å². The van der Waals surface area contributed by atoms with Crippen LogP contribution in [0.25, 0.3) is 0 Å². The molecule has 0 aliphatic carbocycles. The lowest BCUT2D eigenvalue weighted by Gasteiger charge is -2.20. The smallest absolute Gasteiger partial charge is 0.133 e. The Morgan fingerprint density at radius 2 is 1.95 bits per heavy atom. The average Bonchev–Trinajstić information content (AvgIpc) is 2.33. The average molecular weight is 283 g/mol. The van der Waals surface area contributed by atoms with E-state index in [9.17, 15) is 0 Å². The van der Waals surface area contributed by atoms with Gasteiger partial charge in [0.25, 0.3) is 0 Å². The van der Waals surface area contributed by atoms with Crippen LogP contribution in [-0.2, 0) is 4.74 Å². The quantitative estimate of drug-likeness (QED) is 0.642. The number of thiocarbonyl (C=S) groups is 1. The maximum atomic E-state index is 5.66. The fourth-order valence-electron chi connectivity index (χ4n) is 1.45. The fourth-order valence-corrected chi connectivity index (χ4v) is 1.62. The molecule has 0 unspecified atom stereocenters. The molecule has 1 aromatic carbocycles. The lowest BCUT2D eigenvalue weighted by atomic mass is 10.2. The summed E-state index contributed by atoms with van der Waals surface area (Å²) in [5.41, 5.74) is 6.18. The van der Waals surface area contributed by atoms with E-state index in [4.69, 9.17) is 32.2 Å². The highest BCUT2D eigenvalue weighted by Crippen LogP contribution is 2.24. The molecule has 1 aromatic rings. The van der Waals surface area contributed by atoms with Crippen molar-refractivity contribution in [2.24, 2.45) is 5.73 Å². The van der Waals surface area contributed by atoms with Crippen LogP contribution < -0.4 is 15.2 Å². The van der Waals surface area contributed by atoms with E-state index in [1.807, 2.05) is 20.8 Å². The summed E-state index contributed by atoms with van der Waals surface area (Å²) in [6.07, 6.45) is 0. The van der Waals surface area contributed by atoms with E-state index < -0.39 is 0 Å². The summed E-state index contributed by atoms with van der Waals surface area (Å²) in [6.45, 7) is 6.93. The molecule has 4 nitrogen and oxygen atoms in total. The monoisotopic (exact) mass is 283 g/mol. The van der Waals surface area contributed by atoms with E-state index in [1.165, 1.54) is 0 Å². The van der Waals surface area contributed by atoms with E-state index >= 15 is 0 Å². The molecule has 0 atom stereocenters. The minimum atomic E-state index is -0.177. The zero-order valence-electron chi connectivity index (χ0n) is 11.9. The third kappa shape index (κ3) is 5.44. The lowest BCUT2D eigenvalue weighted by molar-refractivity contribution is -0.0163. The molecule has 0 saturated heterocycles. The van der Waals surface area contributed by atoms with Crippen molar-refractivity contribution in [1.82, 2.24) is 0 Å². The summed E-state index contributed by atoms with van der Waals surface area (Å²) in [6, 6.07) is 5.36. The SMILES string of the molecule is COc1ccc(C(N)=S)c(OCCOC(C)(C)C)c1. The van der Waals surface area contributed by atoms with Gasteiger partial charge in [0, 0.05) is 6.07 Å². The number of nitrogens with two attached hydrogens (primary N) is 1. The van der Waals surface area contributed by atoms with Crippen LogP contribution in [0.5, 0.6) is 11.5 Å². The molecular weight excluding hydrogens is 262 g/mol. The van der Waals surface area contributed by atoms with E-state index in [0.717, 1.165) is 0 Å². The summed E-state index contributed by atoms with van der Waals surface area (Å²) >= 11 is 4.99. The van der Waals surface area contributed by atoms with Crippen molar-refractivity contribution < 1.29 is 14.2 Å². The first-order valence-electron chi connectivity index (χ1n) is 6.08. The van der Waals surface area contributed by atoms with Gasteiger partial charge in [0.15, 0.2) is 0 Å². The van der Waals surface area contributed by atoms with Crippen LogP contribution in [0.1, 0.15) is 26.3 Å². The zero-order valence-corrected chi connectivity index (χ0v) is 12.7. The topological polar surface area (TPSA) is 53.7 Å². The number of hydrogen-bond acceptors (Lipinski definition) is 4. The van der Waals surface area contributed by atoms with Gasteiger partial charge in [-0.05, 0) is 32.9 Å². The molecule has 0 aliphatic rings. The molecule has 0 aromatic heterocycles. The highest BCUT2D eigenvalue weighted by Gasteiger charge is 2.11. The number of benzene rings is 1. The summed E-state index contributed by atoms with van der Waals surface area (Å²) in [4.78, 5) is 0.300. The molecule has 5 heteroatoms. The van der Waals surface area contributed by atoms with Crippen molar-refractivity contribution in [3.05, 3.63) is 23.8 Å². The Bertz CT molecular complexity index is 441. The number of hydrogen-bond donors (Lipinski definition) is 1. The Balaban J connectivity index is 2.67. The molecule has 0 amide bonds. The molecular formula is C14H21NO3S. The second kappa shape index (κ2) is 6.73. The normalized spacial score (nSPS) is 11.2. The molecule has 0 fully saturated rings. The van der Waals surface area contributed by atoms with Crippen LogP contribution in [0.15, 0.2) is 18.2 Å². The predicted octanol–water partition coefficient (Wildman–Crippen LogP) is 2.52. The molecule has 0 saturated carbocycles. The van der Waals surface area contributed by atoms with Crippen LogP contribution in [-0.4, -0.2) is 30.9 Å². The van der Waals surface area contributed by atoms with E-state index in [2.05, 4.69) is 0 Å². The third-order valence-corrected chi connectivity index (χ3v) is 2.55. The summed E-state index contributed by atoms with van der Waals surface area (Å²) in [5.74, 6) is 1.32. The highest BCUT2D eigenvalue weighted by atomic mass is 32.1. The highest BCUT2D eigenvalue weighted by molar-refractivity contribution is 7.80. The van der Waals surface area contributed by atoms with Gasteiger partial charge in [-0.15, -0.1) is 0 Å². The predicted molar refractivity (Wildman–Crippen MR) is 80.1 cm³/mol. The maximum absolute atomic E-state index is 5.66. The minimum Gasteiger partial charge on any atom is -0.497 e. The first-order chi connectivity index (χ1) is 8.83. The van der Waals surface area contributed by atoms with Gasteiger partial charge in [-0.1, -0.05) is 12.2 Å². The van der Waals surface area contributed by atoms with Crippen molar-refractivity contribution in [1.29, 1.82) is 0 Å². The minimum absolute atomic E-state index is 0.177. The second-order valence-electron chi connectivity index (χ2n) is 5.04. The molecule has 0 radical (unpaired) electrons. The molecule has 106 valence electrons. The van der Waals surface area contributed by atoms with E-state index in [-0.39, 0.29) is 5.60 Å². The molecule has 0 bridgehead atoms. The lowest BCUT2D eigenvalue weighted by Crippen LogP contribution is -2.23. The molecule has 0 heterocycles. The van der Waals surface area contributed by atoms with Crippen LogP contribution in [0, 0.1) is 0 Å². The van der Waals surface area contributed by atoms with Crippen LogP contribution in [0.3, 0.4) is 0 Å². The Morgan fingerprint density at radius 1 is 1.26 bits per heavy atom. The van der Waals surface area contributed by atoms with Crippen molar-refractivity contribution >= 4 is 17.2 Å². The second-order valence-corrected chi connectivity index (χ2v) is 5.48. The van der Waals surface area contributed by atoms with Crippen molar-refractivity contribution in [3.63, 3.8) is 0 Å². The van der Waals surface area contributed by atoms with Crippen molar-refractivity contribution in [2.75, 3.05) is 20.3 Å². The first kappa shape index (κ1) is 15.7. The zero-order chi connectivity index (χ0) is 14.5. The van der Waals surface area contributed by atoms with Gasteiger partial charge >= 0.3 is 0 Å². The van der Waals surface area contributed by atoms with Gasteiger partial charge in [0.1, 0.15) is 23.1 Å². The molecule has 2 N–H and O–H groups in total. The standard InChI is InChI=1S/C14H21NO3S/c1-14(2,3)18-8-7-17-12-9-10(16-4)5-6-11(12)13(15)19/h5-6,9H,7-8H2,1-4H3,(H2,15,19). The third-order valence-electron chi connectivity index (χ3n) is 2.33. The largest absolute Gasteiger partial charge is 0.497 e. The summed E-state index contributed by atoms with van der Waals surface area (Å²) < 4.78 is 16.4. The fraction of sp³-hybridized carbons (Fsp3) is 0.500. The summed E-state index contributed by atoms with van der Waals surface area (Å²) in [7, 11) is 1.60. The Labute approximate surface area is 119 Å². The van der Waals surface area contributed by atoms with Gasteiger partial charge < -0.3 is 19.9 Å². The number of methoxy groups -OCH3 is 1. The van der Waals surface area contributed by atoms with E-state index in [1.54, 1.807) is 25.3 Å². The molecule has 1 rings (SSSR count). The van der Waals surface area contributed by atoms with Gasteiger partial charge in [-0.25, -0.2) is 0 Å². The Morgan fingerprint density at radius 3 is 2.47 bits per heavy atom. The van der Waals surface area contributed by atoms with Crippen molar-refractivity contribution in [2.45, 2.75) is 26.4 Å². The maximum Gasteiger partial charge on any atom is 0.133 e. The van der Waals surface area contributed by atoms with E-state index in [0.29, 0.717) is 35.3 Å². The summed E-state index contributed by atoms with van der Waals surface area (Å²) in [5, 5.41) is 0. The Kier molecular flexibility index (Phi) is 5.57. The van der Waals surface area contributed by atoms with Crippen LogP contribution in [0.2, 0.25) is 0 Å². The van der Waals surface area contributed by atoms with Crippen LogP contribution in [0.4, 0.5) is 0 Å². The molecule has 0 aliphatic heterocycles. The Hall–Kier alpha value is -1.33. The van der Waals surface area contributed by atoms with Gasteiger partial charge in [0.2, 0.25) is 0 Å². The van der Waals surface area contributed by atoms with Crippen molar-refractivity contribution in [3.8, 4) is 11.5 Å². The number of ether oxygens (including phenoxy) is 3. The van der Waals surface area contributed by atoms with Crippen LogP contribution >= 0.6 is 12.2 Å².